The average molecular weight is 409 g/mol. The molecular weight excluding hydrogens is 382 g/mol. The molecule has 30 heavy (non-hydrogen) atoms. The first kappa shape index (κ1) is 21.5. The van der Waals surface area contributed by atoms with Crippen molar-refractivity contribution in [3.8, 4) is 11.5 Å². The van der Waals surface area contributed by atoms with E-state index in [9.17, 15) is 9.59 Å². The summed E-state index contributed by atoms with van der Waals surface area (Å²) < 4.78 is 13.1. The molecule has 0 bridgehead atoms. The minimum Gasteiger partial charge on any atom is -0.457 e. The number of para-hydroxylation sites is 1. The summed E-state index contributed by atoms with van der Waals surface area (Å²) in [4.78, 5) is 24.4. The van der Waals surface area contributed by atoms with Gasteiger partial charge in [-0.1, -0.05) is 18.2 Å². The van der Waals surface area contributed by atoms with Crippen molar-refractivity contribution < 1.29 is 14.3 Å². The minimum atomic E-state index is -0.529. The zero-order chi connectivity index (χ0) is 21.5. The molecule has 0 radical (unpaired) electrons. The van der Waals surface area contributed by atoms with Crippen LogP contribution in [-0.4, -0.2) is 29.7 Å². The molecule has 158 valence electrons. The van der Waals surface area contributed by atoms with E-state index in [0.29, 0.717) is 31.1 Å². The van der Waals surface area contributed by atoms with Crippen molar-refractivity contribution in [1.82, 2.24) is 9.88 Å². The number of carbonyl (C=O) groups is 1. The van der Waals surface area contributed by atoms with Gasteiger partial charge in [0.15, 0.2) is 0 Å². The maximum absolute atomic E-state index is 13.1. The normalized spacial score (nSPS) is 12.1. The fraction of sp³-hybridized carbons (Fsp3) is 0.304. The van der Waals surface area contributed by atoms with Crippen LogP contribution in [0.3, 0.4) is 0 Å². The van der Waals surface area contributed by atoms with Gasteiger partial charge >= 0.3 is 0 Å². The summed E-state index contributed by atoms with van der Waals surface area (Å²) in [6, 6.07) is 16.4. The Hall–Kier alpha value is -3.16. The molecule has 0 aliphatic heterocycles. The fourth-order valence-corrected chi connectivity index (χ4v) is 3.11. The van der Waals surface area contributed by atoms with Gasteiger partial charge in [-0.25, -0.2) is 0 Å². The number of hydrogen-bond acceptors (Lipinski definition) is 5. The minimum absolute atomic E-state index is 0.136. The summed E-state index contributed by atoms with van der Waals surface area (Å²) in [6.45, 7) is 5.24. The molecule has 7 nitrogen and oxygen atoms in total. The number of hydrogen-bond donors (Lipinski definition) is 2. The van der Waals surface area contributed by atoms with Crippen LogP contribution in [0.4, 0.5) is 0 Å². The summed E-state index contributed by atoms with van der Waals surface area (Å²) in [6.07, 6.45) is 0. The highest BCUT2D eigenvalue weighted by Crippen LogP contribution is 2.25. The number of benzene rings is 2. The lowest BCUT2D eigenvalue weighted by molar-refractivity contribution is -0.119. The predicted molar refractivity (Wildman–Crippen MR) is 117 cm³/mol. The smallest absolute Gasteiger partial charge is 0.255 e. The molecule has 0 fully saturated rings. The Balaban J connectivity index is 1.97. The van der Waals surface area contributed by atoms with Gasteiger partial charge in [0, 0.05) is 31.3 Å². The lowest BCUT2D eigenvalue weighted by atomic mass is 10.1. The topological polar surface area (TPSA) is 95.6 Å². The van der Waals surface area contributed by atoms with Crippen molar-refractivity contribution >= 4 is 16.8 Å². The molecule has 7 heteroatoms. The third-order valence-corrected chi connectivity index (χ3v) is 4.81. The van der Waals surface area contributed by atoms with Gasteiger partial charge in [-0.15, -0.1) is 0 Å². The largest absolute Gasteiger partial charge is 0.457 e. The quantitative estimate of drug-likeness (QED) is 0.502. The van der Waals surface area contributed by atoms with Gasteiger partial charge in [-0.3, -0.25) is 9.59 Å². The number of rotatable bonds is 10. The number of carbonyl (C=O) groups excluding carboxylic acids is 1. The molecule has 1 atom stereocenters. The number of pyridine rings is 1. The molecule has 1 heterocycles. The van der Waals surface area contributed by atoms with Gasteiger partial charge in [0.05, 0.1) is 18.2 Å². The Kier molecular flexibility index (Phi) is 7.21. The standard InChI is InChI=1S/C23H27N3O4/c1-3-29-12-11-26-21-14-20(30-19-7-5-4-6-8-19)10-9-17(21)13-18(23(26)28)15-25-16(2)22(24)27/h4-10,13-14,16,25H,3,11-12,15H2,1-2H3,(H2,24,27)/t16-/m0/s1. The van der Waals surface area contributed by atoms with E-state index >= 15 is 0 Å². The average Bonchev–Trinajstić information content (AvgIpc) is 2.74. The van der Waals surface area contributed by atoms with Crippen molar-refractivity contribution in [2.75, 3.05) is 13.2 Å². The number of ether oxygens (including phenoxy) is 2. The van der Waals surface area contributed by atoms with Crippen LogP contribution in [0.15, 0.2) is 59.4 Å². The van der Waals surface area contributed by atoms with Gasteiger partial charge in [0.1, 0.15) is 11.5 Å². The molecular formula is C23H27N3O4. The zero-order valence-corrected chi connectivity index (χ0v) is 17.3. The maximum atomic E-state index is 13.1. The van der Waals surface area contributed by atoms with Gasteiger partial charge in [0.25, 0.3) is 5.56 Å². The molecule has 1 amide bonds. The van der Waals surface area contributed by atoms with E-state index < -0.39 is 11.9 Å². The Labute approximate surface area is 175 Å². The van der Waals surface area contributed by atoms with E-state index in [1.54, 1.807) is 11.5 Å². The molecule has 0 unspecified atom stereocenters. The third-order valence-electron chi connectivity index (χ3n) is 4.81. The monoisotopic (exact) mass is 409 g/mol. The van der Waals surface area contributed by atoms with Crippen LogP contribution in [0.25, 0.3) is 10.9 Å². The van der Waals surface area contributed by atoms with Crippen LogP contribution in [0.1, 0.15) is 19.4 Å². The highest BCUT2D eigenvalue weighted by atomic mass is 16.5. The second-order valence-corrected chi connectivity index (χ2v) is 6.96. The molecule has 0 aliphatic rings. The second-order valence-electron chi connectivity index (χ2n) is 6.96. The Morgan fingerprint density at radius 2 is 1.90 bits per heavy atom. The van der Waals surface area contributed by atoms with E-state index in [1.165, 1.54) is 0 Å². The SMILES string of the molecule is CCOCCn1c(=O)c(CN[C@@H](C)C(N)=O)cc2ccc(Oc3ccccc3)cc21. The van der Waals surface area contributed by atoms with Crippen molar-refractivity contribution in [3.05, 3.63) is 70.5 Å². The van der Waals surface area contributed by atoms with E-state index in [2.05, 4.69) is 5.32 Å². The molecule has 0 spiro atoms. The van der Waals surface area contributed by atoms with Crippen LogP contribution >= 0.6 is 0 Å². The van der Waals surface area contributed by atoms with E-state index in [-0.39, 0.29) is 12.1 Å². The molecule has 2 aromatic carbocycles. The first-order chi connectivity index (χ1) is 14.5. The first-order valence-corrected chi connectivity index (χ1v) is 9.99. The molecule has 3 aromatic rings. The number of nitrogens with one attached hydrogen (secondary N) is 1. The van der Waals surface area contributed by atoms with E-state index in [1.807, 2.05) is 61.5 Å². The molecule has 0 aliphatic carbocycles. The van der Waals surface area contributed by atoms with Crippen molar-refractivity contribution in [1.29, 1.82) is 0 Å². The van der Waals surface area contributed by atoms with Crippen LogP contribution in [0, 0.1) is 0 Å². The van der Waals surface area contributed by atoms with Crippen molar-refractivity contribution in [2.24, 2.45) is 5.73 Å². The summed E-state index contributed by atoms with van der Waals surface area (Å²) in [5.41, 5.74) is 6.49. The molecule has 3 N–H and O–H groups in total. The number of nitrogens with two attached hydrogens (primary N) is 1. The van der Waals surface area contributed by atoms with Gasteiger partial charge in [-0.2, -0.15) is 0 Å². The number of nitrogens with zero attached hydrogens (tertiary/aromatic N) is 1. The molecule has 0 saturated heterocycles. The highest BCUT2D eigenvalue weighted by Gasteiger charge is 2.13. The van der Waals surface area contributed by atoms with Crippen LogP contribution in [0.2, 0.25) is 0 Å². The van der Waals surface area contributed by atoms with Gasteiger partial charge < -0.3 is 25.1 Å². The number of amides is 1. The summed E-state index contributed by atoms with van der Waals surface area (Å²) in [5, 5.41) is 3.90. The van der Waals surface area contributed by atoms with Crippen LogP contribution in [-0.2, 0) is 22.6 Å². The molecule has 0 saturated carbocycles. The third kappa shape index (κ3) is 5.25. The first-order valence-electron chi connectivity index (χ1n) is 9.99. The molecule has 1 aromatic heterocycles. The van der Waals surface area contributed by atoms with Gasteiger partial charge in [0.2, 0.25) is 5.91 Å². The Morgan fingerprint density at radius 3 is 2.60 bits per heavy atom. The maximum Gasteiger partial charge on any atom is 0.255 e. The Bertz CT molecular complexity index is 1060. The summed E-state index contributed by atoms with van der Waals surface area (Å²) in [5.74, 6) is 0.906. The van der Waals surface area contributed by atoms with E-state index in [4.69, 9.17) is 15.2 Å². The number of fused-ring (bicyclic) bond motifs is 1. The van der Waals surface area contributed by atoms with Crippen molar-refractivity contribution in [3.63, 3.8) is 0 Å². The highest BCUT2D eigenvalue weighted by molar-refractivity contribution is 5.81. The Morgan fingerprint density at radius 1 is 1.13 bits per heavy atom. The van der Waals surface area contributed by atoms with Crippen LogP contribution in [0.5, 0.6) is 11.5 Å². The lowest BCUT2D eigenvalue weighted by Gasteiger charge is -2.16. The summed E-state index contributed by atoms with van der Waals surface area (Å²) >= 11 is 0. The predicted octanol–water partition coefficient (Wildman–Crippen LogP) is 2.79. The van der Waals surface area contributed by atoms with Crippen LogP contribution < -0.4 is 21.3 Å². The van der Waals surface area contributed by atoms with Gasteiger partial charge in [-0.05, 0) is 49.6 Å². The van der Waals surface area contributed by atoms with Crippen molar-refractivity contribution in [2.45, 2.75) is 33.0 Å². The molecule has 3 rings (SSSR count). The van der Waals surface area contributed by atoms with E-state index in [0.717, 1.165) is 16.7 Å². The lowest BCUT2D eigenvalue weighted by Crippen LogP contribution is -2.39. The number of aromatic nitrogens is 1. The zero-order valence-electron chi connectivity index (χ0n) is 17.3. The second kappa shape index (κ2) is 10.0. The summed E-state index contributed by atoms with van der Waals surface area (Å²) in [7, 11) is 0. The number of primary amides is 1. The fourth-order valence-electron chi connectivity index (χ4n) is 3.11.